The van der Waals surface area contributed by atoms with Crippen LogP contribution in [-0.4, -0.2) is 77.7 Å². The number of rotatable bonds is 9. The Bertz CT molecular complexity index is 425. The monoisotopic (exact) mass is 370 g/mol. The van der Waals surface area contributed by atoms with Gasteiger partial charge in [-0.3, -0.25) is 24.0 Å². The van der Waals surface area contributed by atoms with Gasteiger partial charge in [-0.25, -0.2) is 4.79 Å². The van der Waals surface area contributed by atoms with E-state index in [4.69, 9.17) is 35.7 Å². The fraction of sp³-hybridized carbons (Fsp3) is 0.500. The van der Waals surface area contributed by atoms with E-state index in [2.05, 4.69) is 0 Å². The molecule has 0 aliphatic carbocycles. The predicted molar refractivity (Wildman–Crippen MR) is 74.9 cm³/mol. The summed E-state index contributed by atoms with van der Waals surface area (Å²) in [7, 11) is 0. The molecule has 0 rings (SSSR count). The Labute approximate surface area is 139 Å². The van der Waals surface area contributed by atoms with Gasteiger partial charge in [0.05, 0.1) is 32.1 Å². The predicted octanol–water partition coefficient (Wildman–Crippen LogP) is -1.22. The van der Waals surface area contributed by atoms with Crippen molar-refractivity contribution in [1.82, 2.24) is 0 Å². The second-order valence-corrected chi connectivity index (χ2v) is 4.03. The molecule has 7 N–H and O–H groups in total. The third-order valence-electron chi connectivity index (χ3n) is 1.76. The number of hydrogen-bond acceptors (Lipinski definition) is 7. The van der Waals surface area contributed by atoms with Crippen molar-refractivity contribution in [3.63, 3.8) is 0 Å². The smallest absolute Gasteiger partial charge is 0.333 e. The lowest BCUT2D eigenvalue weighted by atomic mass is 10.3. The zero-order valence-electron chi connectivity index (χ0n) is 12.7. The van der Waals surface area contributed by atoms with Gasteiger partial charge in [-0.1, -0.05) is 0 Å². The van der Waals surface area contributed by atoms with Crippen molar-refractivity contribution in [1.29, 1.82) is 0 Å². The van der Waals surface area contributed by atoms with Gasteiger partial charge in [0.1, 0.15) is 0 Å². The summed E-state index contributed by atoms with van der Waals surface area (Å²) in [6.07, 6.45) is -3.73. The van der Waals surface area contributed by atoms with Crippen molar-refractivity contribution in [2.24, 2.45) is 0 Å². The maximum atomic E-state index is 9.72. The highest BCUT2D eigenvalue weighted by molar-refractivity contribution is 5.79. The van der Waals surface area contributed by atoms with Crippen molar-refractivity contribution >= 4 is 35.8 Å². The summed E-state index contributed by atoms with van der Waals surface area (Å²) in [5.41, 5.74) is 0. The largest absolute Gasteiger partial charge is 0.481 e. The molecule has 0 aromatic carbocycles. The van der Waals surface area contributed by atoms with E-state index in [1.807, 2.05) is 0 Å². The molecule has 0 aliphatic heterocycles. The first-order valence-electron chi connectivity index (χ1n) is 6.29. The van der Waals surface area contributed by atoms with Crippen LogP contribution in [0.25, 0.3) is 0 Å². The minimum atomic E-state index is -1.79. The first-order chi connectivity index (χ1) is 11.3. The van der Waals surface area contributed by atoms with E-state index < -0.39 is 48.3 Å². The minimum Gasteiger partial charge on any atom is -0.481 e. The highest BCUT2D eigenvalue weighted by Crippen LogP contribution is 1.89. The molecule has 25 heavy (non-hydrogen) atoms. The molecule has 0 heterocycles. The first kappa shape index (κ1) is 26.7. The molecule has 0 amide bonds. The number of carbonyl (C=O) groups is 6. The third-order valence-corrected chi connectivity index (χ3v) is 1.76. The van der Waals surface area contributed by atoms with E-state index in [9.17, 15) is 28.8 Å². The van der Waals surface area contributed by atoms with Gasteiger partial charge in [0, 0.05) is 0 Å². The average molecular weight is 370 g/mol. The summed E-state index contributed by atoms with van der Waals surface area (Å²) in [4.78, 5) is 58.0. The molecule has 0 aromatic heterocycles. The lowest BCUT2D eigenvalue weighted by Crippen LogP contribution is -2.22. The summed E-state index contributed by atoms with van der Waals surface area (Å²) in [6, 6.07) is 0. The molecule has 0 aliphatic rings. The topological polar surface area (TPSA) is 244 Å². The van der Waals surface area contributed by atoms with E-state index >= 15 is 0 Å². The number of carboxylic acids is 6. The van der Waals surface area contributed by atoms with Crippen molar-refractivity contribution in [2.45, 2.75) is 38.2 Å². The second-order valence-electron chi connectivity index (χ2n) is 4.03. The van der Waals surface area contributed by atoms with Crippen LogP contribution in [0.5, 0.6) is 0 Å². The summed E-state index contributed by atoms with van der Waals surface area (Å²) < 4.78 is 0. The Hall–Kier alpha value is -3.22. The standard InChI is InChI=1S/C4H6O5.2C4H6O4/c5-2(4(8)9)1-3(6)7;2*5-3(6)1-2-4(7)8/h2,5H,1H2,(H,6,7)(H,8,9);2*1-2H2,(H,5,6)(H,7,8). The maximum Gasteiger partial charge on any atom is 0.333 e. The highest BCUT2D eigenvalue weighted by Gasteiger charge is 2.16. The molecular weight excluding hydrogens is 352 g/mol. The van der Waals surface area contributed by atoms with Gasteiger partial charge in [-0.05, 0) is 0 Å². The van der Waals surface area contributed by atoms with Crippen LogP contribution in [0.15, 0.2) is 0 Å². The fourth-order valence-corrected chi connectivity index (χ4v) is 0.680. The normalized spacial score (nSPS) is 9.96. The SMILES string of the molecule is O=C(O)CC(O)C(=O)O.O=C(O)CCC(=O)O.O=C(O)CCC(=O)O. The Morgan fingerprint density at radius 1 is 0.520 bits per heavy atom. The van der Waals surface area contributed by atoms with Crippen LogP contribution in [0, 0.1) is 0 Å². The van der Waals surface area contributed by atoms with Crippen molar-refractivity contribution in [3.05, 3.63) is 0 Å². The second kappa shape index (κ2) is 15.7. The summed E-state index contributed by atoms with van der Waals surface area (Å²) >= 11 is 0. The van der Waals surface area contributed by atoms with Crippen LogP contribution >= 0.6 is 0 Å². The van der Waals surface area contributed by atoms with Crippen molar-refractivity contribution < 1.29 is 64.5 Å². The number of aliphatic hydroxyl groups excluding tert-OH is 1. The van der Waals surface area contributed by atoms with Crippen LogP contribution in [0.3, 0.4) is 0 Å². The molecule has 0 spiro atoms. The fourth-order valence-electron chi connectivity index (χ4n) is 0.680. The van der Waals surface area contributed by atoms with Gasteiger partial charge in [0.2, 0.25) is 0 Å². The molecule has 13 heteroatoms. The van der Waals surface area contributed by atoms with E-state index in [-0.39, 0.29) is 25.7 Å². The van der Waals surface area contributed by atoms with Gasteiger partial charge in [0.25, 0.3) is 0 Å². The molecule has 0 bridgehead atoms. The zero-order valence-corrected chi connectivity index (χ0v) is 12.7. The Morgan fingerprint density at radius 2 is 0.760 bits per heavy atom. The highest BCUT2D eigenvalue weighted by atomic mass is 16.4. The van der Waals surface area contributed by atoms with Crippen LogP contribution in [0.2, 0.25) is 0 Å². The zero-order chi connectivity index (χ0) is 20.6. The van der Waals surface area contributed by atoms with Crippen LogP contribution in [-0.2, 0) is 28.8 Å². The summed E-state index contributed by atoms with van der Waals surface area (Å²) in [6.45, 7) is 0. The summed E-state index contributed by atoms with van der Waals surface area (Å²) in [5, 5.41) is 55.7. The quantitative estimate of drug-likeness (QED) is 0.252. The molecule has 1 unspecified atom stereocenters. The molecular formula is C12H18O13. The molecule has 0 saturated heterocycles. The van der Waals surface area contributed by atoms with Crippen LogP contribution in [0.1, 0.15) is 32.1 Å². The van der Waals surface area contributed by atoms with Crippen molar-refractivity contribution in [2.75, 3.05) is 0 Å². The van der Waals surface area contributed by atoms with Gasteiger partial charge in [-0.2, -0.15) is 0 Å². The van der Waals surface area contributed by atoms with Crippen molar-refractivity contribution in [3.8, 4) is 0 Å². The van der Waals surface area contributed by atoms with Gasteiger partial charge < -0.3 is 35.7 Å². The summed E-state index contributed by atoms with van der Waals surface area (Å²) in [5.74, 6) is -7.15. The van der Waals surface area contributed by atoms with Crippen LogP contribution in [0.4, 0.5) is 0 Å². The van der Waals surface area contributed by atoms with Crippen LogP contribution < -0.4 is 0 Å². The first-order valence-corrected chi connectivity index (χ1v) is 6.29. The van der Waals surface area contributed by atoms with Gasteiger partial charge >= 0.3 is 35.8 Å². The number of aliphatic carboxylic acids is 6. The maximum absolute atomic E-state index is 9.72. The van der Waals surface area contributed by atoms with E-state index in [0.717, 1.165) is 0 Å². The number of carboxylic acid groups (broad SMARTS) is 6. The molecule has 0 radical (unpaired) electrons. The Balaban J connectivity index is -0.000000291. The molecule has 0 saturated carbocycles. The van der Waals surface area contributed by atoms with E-state index in [1.54, 1.807) is 0 Å². The van der Waals surface area contributed by atoms with E-state index in [0.29, 0.717) is 0 Å². The number of hydrogen-bond donors (Lipinski definition) is 7. The number of aliphatic hydroxyl groups is 1. The average Bonchev–Trinajstić information content (AvgIpc) is 2.43. The third kappa shape index (κ3) is 33.5. The van der Waals surface area contributed by atoms with Gasteiger partial charge in [0.15, 0.2) is 6.10 Å². The minimum absolute atomic E-state index is 0.296. The Kier molecular flexibility index (Phi) is 16.7. The lowest BCUT2D eigenvalue weighted by Gasteiger charge is -1.97. The molecule has 0 aromatic rings. The molecule has 0 fully saturated rings. The molecule has 13 nitrogen and oxygen atoms in total. The Morgan fingerprint density at radius 3 is 0.840 bits per heavy atom. The van der Waals surface area contributed by atoms with Gasteiger partial charge in [-0.15, -0.1) is 0 Å². The molecule has 144 valence electrons. The lowest BCUT2D eigenvalue weighted by molar-refractivity contribution is -0.152. The van der Waals surface area contributed by atoms with E-state index in [1.165, 1.54) is 0 Å². The molecule has 1 atom stereocenters.